The highest BCUT2D eigenvalue weighted by Crippen LogP contribution is 2.66. The molecule has 1 aromatic heterocycles. The number of nitrogens with one attached hydrogen (secondary N) is 1. The molecule has 0 saturated carbocycles. The third kappa shape index (κ3) is 9.79. The Morgan fingerprint density at radius 2 is 1.75 bits per heavy atom. The van der Waals surface area contributed by atoms with E-state index in [1.165, 1.54) is 18.2 Å². The van der Waals surface area contributed by atoms with Gasteiger partial charge in [0.2, 0.25) is 0 Å². The number of aliphatic hydroxyl groups excluding tert-OH is 1. The molecule has 3 unspecified atom stereocenters. The maximum Gasteiger partial charge on any atom is 0.490 e. The summed E-state index contributed by atoms with van der Waals surface area (Å²) >= 11 is 0. The van der Waals surface area contributed by atoms with Crippen molar-refractivity contribution >= 4 is 29.2 Å². The fourth-order valence-electron chi connectivity index (χ4n) is 4.21. The number of rotatable bonds is 13. The largest absolute Gasteiger partial charge is 0.490 e. The van der Waals surface area contributed by atoms with Gasteiger partial charge in [0.15, 0.2) is 0 Å². The zero-order valence-electron chi connectivity index (χ0n) is 23.2. The molecule has 1 aliphatic rings. The van der Waals surface area contributed by atoms with E-state index >= 15 is 0 Å². The van der Waals surface area contributed by atoms with Gasteiger partial charge in [-0.2, -0.15) is 8.62 Å². The quantitative estimate of drug-likeness (QED) is 0.0991. The Balaban J connectivity index is 1.75. The number of hydrogen-bond donors (Lipinski definition) is 6. The zero-order valence-corrected chi connectivity index (χ0v) is 25.9. The number of nitrogens with zero attached hydrogens (tertiary/aromatic N) is 2. The Kier molecular flexibility index (Phi) is 11.1. The smallest absolute Gasteiger partial charge is 0.390 e. The summed E-state index contributed by atoms with van der Waals surface area (Å²) in [6, 6.07) is 5.93. The van der Waals surface area contributed by atoms with Crippen molar-refractivity contribution < 1.29 is 65.9 Å². The van der Waals surface area contributed by atoms with E-state index in [9.17, 15) is 48.3 Å². The molecule has 3 rings (SSSR count). The van der Waals surface area contributed by atoms with Gasteiger partial charge in [0.1, 0.15) is 12.3 Å². The van der Waals surface area contributed by atoms with Crippen molar-refractivity contribution in [3.63, 3.8) is 0 Å². The Bertz CT molecular complexity index is 1630. The van der Waals surface area contributed by atoms with E-state index in [1.807, 2.05) is 0 Å². The van der Waals surface area contributed by atoms with Gasteiger partial charge in [-0.15, -0.1) is 0 Å². The minimum atomic E-state index is -5.77. The molecule has 1 saturated heterocycles. The van der Waals surface area contributed by atoms with Crippen LogP contribution < -0.4 is 11.2 Å². The van der Waals surface area contributed by atoms with Crippen molar-refractivity contribution in [2.24, 2.45) is 5.41 Å². The van der Waals surface area contributed by atoms with Crippen molar-refractivity contribution in [1.82, 2.24) is 9.55 Å². The molecule has 0 aliphatic carbocycles. The lowest BCUT2D eigenvalue weighted by atomic mass is 9.84. The summed E-state index contributed by atoms with van der Waals surface area (Å²) in [6.45, 7) is 3.94. The van der Waals surface area contributed by atoms with Crippen LogP contribution in [0.25, 0.3) is 0 Å². The second-order valence-corrected chi connectivity index (χ2v) is 14.9. The molecule has 6 atom stereocenters. The summed E-state index contributed by atoms with van der Waals surface area (Å²) in [7, 11) is -16.9. The minimum absolute atomic E-state index is 0.0905. The van der Waals surface area contributed by atoms with Crippen molar-refractivity contribution in [2.75, 3.05) is 6.61 Å². The normalized spacial score (nSPS) is 22.7. The van der Waals surface area contributed by atoms with Crippen molar-refractivity contribution in [3.8, 4) is 0 Å². The summed E-state index contributed by atoms with van der Waals surface area (Å²) in [5.74, 6) is 0. The van der Waals surface area contributed by atoms with E-state index in [0.717, 1.165) is 10.8 Å². The van der Waals surface area contributed by atoms with Gasteiger partial charge in [0.25, 0.3) is 11.2 Å². The summed E-state index contributed by atoms with van der Waals surface area (Å²) in [5.41, 5.74) is -2.49. The first-order valence-corrected chi connectivity index (χ1v) is 16.9. The fraction of sp³-hybridized carbons (Fsp3) is 0.524. The maximum atomic E-state index is 12.6. The third-order valence-corrected chi connectivity index (χ3v) is 9.78. The average Bonchev–Trinajstić information content (AvgIpc) is 3.21. The molecule has 2 aromatic rings. The van der Waals surface area contributed by atoms with Crippen molar-refractivity contribution in [1.29, 1.82) is 0 Å². The molecule has 6 N–H and O–H groups in total. The number of para-hydroxylation sites is 1. The lowest BCUT2D eigenvalue weighted by Gasteiger charge is -2.30. The topological polar surface area (TPSA) is 297 Å². The predicted octanol–water partition coefficient (Wildman–Crippen LogP) is 1.74. The van der Waals surface area contributed by atoms with Gasteiger partial charge in [0.05, 0.1) is 41.5 Å². The summed E-state index contributed by atoms with van der Waals surface area (Å²) in [6.07, 6.45) is -4.24. The van der Waals surface area contributed by atoms with Gasteiger partial charge in [0, 0.05) is 18.7 Å². The van der Waals surface area contributed by atoms with E-state index in [4.69, 9.17) is 19.3 Å². The molecule has 0 bridgehead atoms. The van der Waals surface area contributed by atoms with E-state index in [-0.39, 0.29) is 23.2 Å². The highest BCUT2D eigenvalue weighted by atomic mass is 31.3. The van der Waals surface area contributed by atoms with Crippen molar-refractivity contribution in [3.05, 3.63) is 72.5 Å². The van der Waals surface area contributed by atoms with Crippen molar-refractivity contribution in [2.45, 2.75) is 58.3 Å². The first-order valence-electron chi connectivity index (χ1n) is 12.4. The first kappa shape index (κ1) is 36.1. The van der Waals surface area contributed by atoms with Crippen LogP contribution in [0.3, 0.4) is 0 Å². The van der Waals surface area contributed by atoms with Crippen LogP contribution in [-0.2, 0) is 42.9 Å². The van der Waals surface area contributed by atoms with Gasteiger partial charge in [-0.05, 0) is 11.5 Å². The summed E-state index contributed by atoms with van der Waals surface area (Å²) < 4.78 is 58.3. The number of nitro benzene ring substituents is 1. The second kappa shape index (κ2) is 13.5. The van der Waals surface area contributed by atoms with Gasteiger partial charge in [-0.1, -0.05) is 32.9 Å². The number of H-pyrrole nitrogens is 1. The van der Waals surface area contributed by atoms with Gasteiger partial charge >= 0.3 is 29.2 Å². The second-order valence-electron chi connectivity index (χ2n) is 10.5. The minimum Gasteiger partial charge on any atom is -0.390 e. The number of aromatic amines is 1. The SMILES string of the molecule is CC(C)(C)[C@@H](OCc1cn([C@H]2CC(O)[C@@H](COP(=O)(O)OP(=O)(O)OP(=O)(O)O)O2)c(=O)[nH]c1=O)c1ccccc1[N+](=O)[O-]. The Labute approximate surface area is 247 Å². The molecular formula is C21H30N3O17P3. The predicted molar refractivity (Wildman–Crippen MR) is 146 cm³/mol. The van der Waals surface area contributed by atoms with Crippen LogP contribution in [0.4, 0.5) is 5.69 Å². The summed E-state index contributed by atoms with van der Waals surface area (Å²) in [5, 5.41) is 22.0. The molecule has 23 heteroatoms. The monoisotopic (exact) mass is 689 g/mol. The molecule has 1 aliphatic heterocycles. The Hall–Kier alpha value is -2.41. The number of aliphatic hydroxyl groups is 1. The number of phosphoric ester groups is 1. The lowest BCUT2D eigenvalue weighted by molar-refractivity contribution is -0.386. The van der Waals surface area contributed by atoms with E-state index < -0.39 is 82.8 Å². The molecule has 1 aromatic carbocycles. The van der Waals surface area contributed by atoms with E-state index in [2.05, 4.69) is 18.1 Å². The van der Waals surface area contributed by atoms with Crippen LogP contribution in [0.15, 0.2) is 40.1 Å². The molecule has 0 radical (unpaired) electrons. The lowest BCUT2D eigenvalue weighted by Crippen LogP contribution is -2.35. The summed E-state index contributed by atoms with van der Waals surface area (Å²) in [4.78, 5) is 74.3. The zero-order chi connectivity index (χ0) is 33.3. The molecule has 0 spiro atoms. The number of aromatic nitrogens is 2. The Morgan fingerprint density at radius 1 is 1.11 bits per heavy atom. The standard InChI is InChI=1S/C21H30N3O17P3/c1-21(2,3)18(13-6-4-5-7-14(13)24(28)29)37-10-12-9-23(20(27)22-19(12)26)17-8-15(25)16(39-17)11-38-43(33,34)41-44(35,36)40-42(30,31)32/h4-7,9,15-18,25H,8,10-11H2,1-3H3,(H,33,34)(H,35,36)(H,22,26,27)(H2,30,31,32)/t15?,16-,17-,18+/m1/s1. The van der Waals surface area contributed by atoms with Crippen LogP contribution in [0.1, 0.15) is 50.7 Å². The number of nitro groups is 1. The van der Waals surface area contributed by atoms with Crippen LogP contribution in [-0.4, -0.2) is 58.0 Å². The maximum absolute atomic E-state index is 12.6. The number of hydrogen-bond acceptors (Lipinski definition) is 13. The van der Waals surface area contributed by atoms with E-state index in [0.29, 0.717) is 0 Å². The van der Waals surface area contributed by atoms with Crippen LogP contribution in [0, 0.1) is 15.5 Å². The number of ether oxygens (including phenoxy) is 2. The van der Waals surface area contributed by atoms with Crippen LogP contribution in [0.2, 0.25) is 0 Å². The highest BCUT2D eigenvalue weighted by Gasteiger charge is 2.43. The van der Waals surface area contributed by atoms with Gasteiger partial charge in [-0.25, -0.2) is 18.5 Å². The molecule has 0 amide bonds. The molecular weight excluding hydrogens is 659 g/mol. The highest BCUT2D eigenvalue weighted by molar-refractivity contribution is 7.66. The van der Waals surface area contributed by atoms with Crippen LogP contribution >= 0.6 is 23.5 Å². The van der Waals surface area contributed by atoms with Gasteiger partial charge < -0.3 is 34.2 Å². The molecule has 246 valence electrons. The number of phosphoric acid groups is 3. The number of benzene rings is 1. The Morgan fingerprint density at radius 3 is 2.34 bits per heavy atom. The molecule has 1 fully saturated rings. The van der Waals surface area contributed by atoms with E-state index in [1.54, 1.807) is 26.8 Å². The molecule has 20 nitrogen and oxygen atoms in total. The third-order valence-electron chi connectivity index (χ3n) is 5.98. The first-order chi connectivity index (χ1) is 20.1. The fourth-order valence-corrected chi connectivity index (χ4v) is 7.24. The van der Waals surface area contributed by atoms with Crippen LogP contribution in [0.5, 0.6) is 0 Å². The molecule has 2 heterocycles. The average molecular weight is 689 g/mol. The van der Waals surface area contributed by atoms with Gasteiger partial charge in [-0.3, -0.25) is 29.0 Å². The molecule has 44 heavy (non-hydrogen) atoms.